The van der Waals surface area contributed by atoms with E-state index >= 15 is 0 Å². The molecule has 2 N–H and O–H groups in total. The van der Waals surface area contributed by atoms with Crippen molar-refractivity contribution in [3.63, 3.8) is 0 Å². The Bertz CT molecular complexity index is 2200. The lowest BCUT2D eigenvalue weighted by Gasteiger charge is -2.62. The molecule has 0 unspecified atom stereocenters. The highest BCUT2D eigenvalue weighted by atomic mass is 28.3. The van der Waals surface area contributed by atoms with Gasteiger partial charge in [0.2, 0.25) is 0 Å². The van der Waals surface area contributed by atoms with E-state index in [1.165, 1.54) is 20.5 Å². The number of carbonyl (C=O) groups excluding carboxylic acids is 1. The number of ether oxygens (including phenoxy) is 3. The van der Waals surface area contributed by atoms with E-state index in [0.717, 1.165) is 16.7 Å². The van der Waals surface area contributed by atoms with Gasteiger partial charge in [-0.2, -0.15) is 4.89 Å². The van der Waals surface area contributed by atoms with Gasteiger partial charge in [-0.3, -0.25) is 9.36 Å². The Kier molecular flexibility index (Phi) is 11.0. The molecule has 3 heterocycles. The van der Waals surface area contributed by atoms with E-state index in [0.29, 0.717) is 16.7 Å². The molecule has 295 valence electrons. The van der Waals surface area contributed by atoms with Crippen LogP contribution < -0.4 is 5.32 Å². The number of aromatic nitrogens is 4. The number of rotatable bonds is 13. The van der Waals surface area contributed by atoms with Crippen LogP contribution in [0.3, 0.4) is 0 Å². The van der Waals surface area contributed by atoms with Crippen LogP contribution in [0.5, 0.6) is 0 Å². The van der Waals surface area contributed by atoms with Crippen LogP contribution in [0.1, 0.15) is 47.8 Å². The number of benzene rings is 4. The molecule has 12 nitrogen and oxygen atoms in total. The Morgan fingerprint density at radius 2 is 1.35 bits per heavy atom. The number of anilines is 1. The minimum absolute atomic E-state index is 0.203. The first-order chi connectivity index (χ1) is 27.5. The van der Waals surface area contributed by atoms with Gasteiger partial charge < -0.3 is 24.6 Å². The maximum atomic E-state index is 13.5. The molecule has 1 aliphatic heterocycles. The zero-order valence-electron chi connectivity index (χ0n) is 33.2. The summed E-state index contributed by atoms with van der Waals surface area (Å²) in [6, 6.07) is 39.0. The number of imidazole rings is 1. The van der Waals surface area contributed by atoms with E-state index in [4.69, 9.17) is 34.0 Å². The summed E-state index contributed by atoms with van der Waals surface area (Å²) in [5, 5.41) is 12.9. The molecular weight excluding hydrogens is 739 g/mol. The fourth-order valence-electron chi connectivity index (χ4n) is 8.76. The molecule has 0 spiro atoms. The third-order valence-corrected chi connectivity index (χ3v) is 12.7. The predicted molar refractivity (Wildman–Crippen MR) is 218 cm³/mol. The number of hydrogen-bond donors (Lipinski definition) is 2. The van der Waals surface area contributed by atoms with Crippen molar-refractivity contribution < 1.29 is 33.9 Å². The maximum Gasteiger partial charge on any atom is 0.265 e. The molecule has 1 amide bonds. The van der Waals surface area contributed by atoms with E-state index in [1.807, 2.05) is 86.0 Å². The van der Waals surface area contributed by atoms with Gasteiger partial charge in [0.05, 0.1) is 31.1 Å². The van der Waals surface area contributed by atoms with Gasteiger partial charge in [0.25, 0.3) is 11.7 Å². The van der Waals surface area contributed by atoms with E-state index in [2.05, 4.69) is 59.8 Å². The topological polar surface area (TPSA) is 139 Å². The summed E-state index contributed by atoms with van der Waals surface area (Å²) in [5.41, 5.74) is -0.671. The van der Waals surface area contributed by atoms with Gasteiger partial charge in [-0.25, -0.2) is 19.8 Å². The number of aliphatic hydroxyl groups is 1. The van der Waals surface area contributed by atoms with E-state index in [1.54, 1.807) is 30.6 Å². The molecule has 0 bridgehead atoms. The average Bonchev–Trinajstić information content (AvgIpc) is 3.76. The molecule has 1 fully saturated rings. The van der Waals surface area contributed by atoms with E-state index in [9.17, 15) is 9.90 Å². The van der Waals surface area contributed by atoms with Crippen LogP contribution in [-0.4, -0.2) is 83.2 Å². The number of nitrogens with zero attached hydrogens (tertiary/aromatic N) is 4. The lowest BCUT2D eigenvalue weighted by atomic mass is 9.55. The summed E-state index contributed by atoms with van der Waals surface area (Å²) in [5.74, 6) is -2.18. The van der Waals surface area contributed by atoms with Crippen molar-refractivity contribution in [3.8, 4) is 0 Å². The van der Waals surface area contributed by atoms with Crippen molar-refractivity contribution in [1.82, 2.24) is 19.5 Å². The highest BCUT2D eigenvalue weighted by Gasteiger charge is 2.87. The monoisotopic (exact) mass is 786 g/mol. The molecular formula is C44H48N5O7Si. The third kappa shape index (κ3) is 6.12. The third-order valence-electron chi connectivity index (χ3n) is 10.6. The van der Waals surface area contributed by atoms with Crippen molar-refractivity contribution in [2.75, 3.05) is 26.1 Å². The smallest absolute Gasteiger partial charge is 0.265 e. The summed E-state index contributed by atoms with van der Waals surface area (Å²) < 4.78 is 24.0. The second kappa shape index (κ2) is 15.7. The minimum Gasteiger partial charge on any atom is -0.393 e. The molecule has 1 saturated heterocycles. The van der Waals surface area contributed by atoms with Crippen LogP contribution in [-0.2, 0) is 34.7 Å². The number of methoxy groups -OCH3 is 1. The molecule has 1 radical (unpaired) electrons. The van der Waals surface area contributed by atoms with Gasteiger partial charge in [-0.1, -0.05) is 122 Å². The number of amides is 1. The van der Waals surface area contributed by atoms with Crippen molar-refractivity contribution in [1.29, 1.82) is 0 Å². The molecule has 4 aromatic carbocycles. The lowest BCUT2D eigenvalue weighted by Crippen LogP contribution is -2.80. The summed E-state index contributed by atoms with van der Waals surface area (Å²) in [7, 11) is 0.929. The lowest BCUT2D eigenvalue weighted by molar-refractivity contribution is -0.469. The standard InChI is InChI=1S/C44H48N5O7Si/c1-40(2,3)55-43(41(32-22-14-9-15-23-32,33-24-16-10-17-25-33)34-26-18-11-19-27-34)42(52-4,56-53-5)35(28-50)54-44(43,57(6)7)49-30-47-36-37(45-29-46-38(36)49)48-39(51)31-20-12-8-13-21-31/h8-27,29-30,35,50H,28H2,1-7H3,(H,45,46,48,51)/t35-,42-,43-,44+/m1/s1. The summed E-state index contributed by atoms with van der Waals surface area (Å²) in [6.45, 7) is 9.55. The van der Waals surface area contributed by atoms with Gasteiger partial charge in [0, 0.05) is 12.7 Å². The summed E-state index contributed by atoms with van der Waals surface area (Å²) >= 11 is 0. The van der Waals surface area contributed by atoms with Crippen LogP contribution in [0.2, 0.25) is 13.1 Å². The second-order valence-electron chi connectivity index (χ2n) is 15.1. The predicted octanol–water partition coefficient (Wildman–Crippen LogP) is 6.93. The molecule has 0 aliphatic carbocycles. The molecule has 2 aromatic heterocycles. The van der Waals surface area contributed by atoms with Crippen molar-refractivity contribution in [2.24, 2.45) is 0 Å². The van der Waals surface area contributed by atoms with Crippen LogP contribution in [0.4, 0.5) is 5.82 Å². The van der Waals surface area contributed by atoms with Gasteiger partial charge in [0.1, 0.15) is 21.2 Å². The molecule has 7 rings (SSSR count). The number of fused-ring (bicyclic) bond motifs is 1. The first kappa shape index (κ1) is 40.1. The zero-order chi connectivity index (χ0) is 40.5. The van der Waals surface area contributed by atoms with Gasteiger partial charge in [0.15, 0.2) is 27.9 Å². The maximum absolute atomic E-state index is 13.5. The Hall–Kier alpha value is -5.12. The van der Waals surface area contributed by atoms with Gasteiger partial charge in [-0.15, -0.1) is 0 Å². The first-order valence-corrected chi connectivity index (χ1v) is 21.3. The SMILES string of the molecule is COO[C@]1(OC)[C@@H](CO)O[C@](n2cnc3c(NC(=O)c4ccccc4)ncnc32)([Si](C)C)[C@@]1(OC(C)(C)C)C(c1ccccc1)(c1ccccc1)c1ccccc1. The van der Waals surface area contributed by atoms with Crippen LogP contribution in [0, 0.1) is 0 Å². The quantitative estimate of drug-likeness (QED) is 0.0417. The number of carbonyl (C=O) groups is 1. The van der Waals surface area contributed by atoms with Crippen molar-refractivity contribution in [3.05, 3.63) is 156 Å². The summed E-state index contributed by atoms with van der Waals surface area (Å²) in [4.78, 5) is 40.0. The van der Waals surface area contributed by atoms with Gasteiger partial charge in [-0.05, 0) is 49.6 Å². The fraction of sp³-hybridized carbons (Fsp3) is 0.318. The first-order valence-electron chi connectivity index (χ1n) is 18.8. The largest absolute Gasteiger partial charge is 0.393 e. The van der Waals surface area contributed by atoms with Crippen LogP contribution in [0.25, 0.3) is 11.2 Å². The van der Waals surface area contributed by atoms with Crippen molar-refractivity contribution >= 4 is 31.7 Å². The molecule has 4 atom stereocenters. The zero-order valence-corrected chi connectivity index (χ0v) is 34.2. The van der Waals surface area contributed by atoms with Crippen LogP contribution >= 0.6 is 0 Å². The normalized spacial score (nSPS) is 22.6. The number of nitrogens with one attached hydrogen (secondary N) is 1. The Morgan fingerprint density at radius 3 is 1.81 bits per heavy atom. The Labute approximate surface area is 334 Å². The fourth-order valence-corrected chi connectivity index (χ4v) is 10.9. The second-order valence-corrected chi connectivity index (χ2v) is 17.8. The average molecular weight is 787 g/mol. The highest BCUT2D eigenvalue weighted by Crippen LogP contribution is 2.68. The number of aliphatic hydroxyl groups excluding tert-OH is 1. The van der Waals surface area contributed by atoms with Crippen LogP contribution in [0.15, 0.2) is 134 Å². The molecule has 1 aliphatic rings. The molecule has 13 heteroatoms. The Morgan fingerprint density at radius 1 is 0.825 bits per heavy atom. The molecule has 6 aromatic rings. The minimum atomic E-state index is -2.03. The highest BCUT2D eigenvalue weighted by molar-refractivity contribution is 6.58. The Balaban J connectivity index is 1.70. The van der Waals surface area contributed by atoms with E-state index < -0.39 is 49.3 Å². The molecule has 0 saturated carbocycles. The number of hydrogen-bond acceptors (Lipinski definition) is 10. The van der Waals surface area contributed by atoms with Crippen molar-refractivity contribution in [2.45, 2.75) is 67.7 Å². The summed E-state index contributed by atoms with van der Waals surface area (Å²) in [6.07, 6.45) is 1.79. The molecule has 57 heavy (non-hydrogen) atoms. The van der Waals surface area contributed by atoms with E-state index in [-0.39, 0.29) is 11.7 Å². The van der Waals surface area contributed by atoms with Gasteiger partial charge >= 0.3 is 0 Å².